The fourth-order valence-electron chi connectivity index (χ4n) is 2.59. The van der Waals surface area contributed by atoms with Crippen LogP contribution in [0.1, 0.15) is 32.1 Å². The predicted molar refractivity (Wildman–Crippen MR) is 107 cm³/mol. The van der Waals surface area contributed by atoms with Gasteiger partial charge in [-0.25, -0.2) is 14.8 Å². The van der Waals surface area contributed by atoms with Gasteiger partial charge >= 0.3 is 5.97 Å². The standard InChI is InChI=1S/C21H17N5O3/c1-13-10-18(19(27)24-16-8-5-7-14(11-16)20(28)29-2)26-21(23-13)25-17-9-4-3-6-15(17)12-22/h3-11H,1-2H3,(H,24,27)(H,23,25,26). The smallest absolute Gasteiger partial charge is 0.337 e. The molecule has 144 valence electrons. The highest BCUT2D eigenvalue weighted by atomic mass is 16.5. The molecule has 0 aliphatic rings. The monoisotopic (exact) mass is 387 g/mol. The first-order valence-corrected chi connectivity index (χ1v) is 8.61. The summed E-state index contributed by atoms with van der Waals surface area (Å²) in [4.78, 5) is 32.8. The number of para-hydroxylation sites is 1. The van der Waals surface area contributed by atoms with Crippen molar-refractivity contribution in [2.45, 2.75) is 6.92 Å². The molecule has 2 N–H and O–H groups in total. The lowest BCUT2D eigenvalue weighted by molar-refractivity contribution is 0.0600. The van der Waals surface area contributed by atoms with E-state index in [4.69, 9.17) is 0 Å². The number of nitrogens with one attached hydrogen (secondary N) is 2. The average molecular weight is 387 g/mol. The number of carbonyl (C=O) groups excluding carboxylic acids is 2. The molecule has 2 aromatic carbocycles. The molecule has 0 fully saturated rings. The SMILES string of the molecule is COC(=O)c1cccc(NC(=O)c2cc(C)nc(Nc3ccccc3C#N)n2)c1. The summed E-state index contributed by atoms with van der Waals surface area (Å²) in [5, 5.41) is 14.9. The summed E-state index contributed by atoms with van der Waals surface area (Å²) in [5.41, 5.74) is 2.43. The van der Waals surface area contributed by atoms with E-state index >= 15 is 0 Å². The van der Waals surface area contributed by atoms with Crippen LogP contribution in [-0.4, -0.2) is 29.0 Å². The zero-order valence-corrected chi connectivity index (χ0v) is 15.8. The minimum absolute atomic E-state index is 0.137. The van der Waals surface area contributed by atoms with E-state index in [0.717, 1.165) is 0 Å². The normalized spacial score (nSPS) is 9.97. The number of amides is 1. The Balaban J connectivity index is 1.83. The first-order chi connectivity index (χ1) is 14.0. The Morgan fingerprint density at radius 2 is 1.86 bits per heavy atom. The van der Waals surface area contributed by atoms with Gasteiger partial charge < -0.3 is 15.4 Å². The molecule has 29 heavy (non-hydrogen) atoms. The Kier molecular flexibility index (Phi) is 5.80. The molecule has 8 nitrogen and oxygen atoms in total. The van der Waals surface area contributed by atoms with E-state index in [1.54, 1.807) is 55.5 Å². The summed E-state index contributed by atoms with van der Waals surface area (Å²) in [5.74, 6) is -0.767. The lowest BCUT2D eigenvalue weighted by Gasteiger charge is -2.10. The zero-order valence-electron chi connectivity index (χ0n) is 15.8. The maximum Gasteiger partial charge on any atom is 0.337 e. The van der Waals surface area contributed by atoms with Gasteiger partial charge in [0.25, 0.3) is 5.91 Å². The Hall–Kier alpha value is -4.25. The number of nitrogens with zero attached hydrogens (tertiary/aromatic N) is 3. The van der Waals surface area contributed by atoms with E-state index in [9.17, 15) is 14.9 Å². The number of rotatable bonds is 5. The summed E-state index contributed by atoms with van der Waals surface area (Å²) >= 11 is 0. The second-order valence-corrected chi connectivity index (χ2v) is 6.03. The molecule has 1 amide bonds. The first-order valence-electron chi connectivity index (χ1n) is 8.61. The number of hydrogen-bond acceptors (Lipinski definition) is 7. The Morgan fingerprint density at radius 3 is 2.62 bits per heavy atom. The maximum absolute atomic E-state index is 12.6. The highest BCUT2D eigenvalue weighted by Crippen LogP contribution is 2.19. The van der Waals surface area contributed by atoms with Gasteiger partial charge in [0, 0.05) is 11.4 Å². The molecule has 1 heterocycles. The number of hydrogen-bond donors (Lipinski definition) is 2. The Labute approximate surface area is 167 Å². The van der Waals surface area contributed by atoms with Crippen molar-refractivity contribution in [2.24, 2.45) is 0 Å². The van der Waals surface area contributed by atoms with Crippen LogP contribution < -0.4 is 10.6 Å². The predicted octanol–water partition coefficient (Wildman–Crippen LogP) is 3.44. The van der Waals surface area contributed by atoms with E-state index in [2.05, 4.69) is 31.4 Å². The largest absolute Gasteiger partial charge is 0.465 e. The summed E-state index contributed by atoms with van der Waals surface area (Å²) in [6.45, 7) is 1.73. The van der Waals surface area contributed by atoms with Crippen molar-refractivity contribution in [1.82, 2.24) is 9.97 Å². The van der Waals surface area contributed by atoms with Crippen molar-refractivity contribution in [3.63, 3.8) is 0 Å². The highest BCUT2D eigenvalue weighted by Gasteiger charge is 2.13. The zero-order chi connectivity index (χ0) is 20.8. The molecule has 3 rings (SSSR count). The molecule has 0 spiro atoms. The summed E-state index contributed by atoms with van der Waals surface area (Å²) < 4.78 is 4.68. The molecule has 0 saturated heterocycles. The third-order valence-electron chi connectivity index (χ3n) is 3.92. The summed E-state index contributed by atoms with van der Waals surface area (Å²) in [7, 11) is 1.29. The van der Waals surface area contributed by atoms with Crippen LogP contribution in [0.5, 0.6) is 0 Å². The molecule has 0 aliphatic carbocycles. The molecule has 0 aliphatic heterocycles. The minimum atomic E-state index is -0.498. The first kappa shape index (κ1) is 19.5. The van der Waals surface area contributed by atoms with Crippen LogP contribution in [0.25, 0.3) is 0 Å². The second-order valence-electron chi connectivity index (χ2n) is 6.03. The molecule has 8 heteroatoms. The number of benzene rings is 2. The van der Waals surface area contributed by atoms with Crippen molar-refractivity contribution >= 4 is 29.2 Å². The van der Waals surface area contributed by atoms with Gasteiger partial charge in [0.2, 0.25) is 5.95 Å². The highest BCUT2D eigenvalue weighted by molar-refractivity contribution is 6.03. The van der Waals surface area contributed by atoms with Gasteiger partial charge in [-0.05, 0) is 43.3 Å². The van der Waals surface area contributed by atoms with E-state index in [1.165, 1.54) is 13.2 Å². The van der Waals surface area contributed by atoms with E-state index in [-0.39, 0.29) is 11.6 Å². The van der Waals surface area contributed by atoms with Gasteiger partial charge in [-0.15, -0.1) is 0 Å². The van der Waals surface area contributed by atoms with Crippen LogP contribution in [0.2, 0.25) is 0 Å². The number of methoxy groups -OCH3 is 1. The lowest BCUT2D eigenvalue weighted by Crippen LogP contribution is -2.16. The van der Waals surface area contributed by atoms with Crippen LogP contribution >= 0.6 is 0 Å². The molecule has 0 bridgehead atoms. The maximum atomic E-state index is 12.6. The van der Waals surface area contributed by atoms with Gasteiger partial charge in [-0.2, -0.15) is 5.26 Å². The lowest BCUT2D eigenvalue weighted by atomic mass is 10.2. The molecular formula is C21H17N5O3. The van der Waals surface area contributed by atoms with Crippen molar-refractivity contribution < 1.29 is 14.3 Å². The van der Waals surface area contributed by atoms with Gasteiger partial charge in [-0.3, -0.25) is 4.79 Å². The molecule has 0 unspecified atom stereocenters. The third kappa shape index (κ3) is 4.73. The van der Waals surface area contributed by atoms with E-state index < -0.39 is 11.9 Å². The van der Waals surface area contributed by atoms with Crippen LogP contribution in [0, 0.1) is 18.3 Å². The fraction of sp³-hybridized carbons (Fsp3) is 0.0952. The average Bonchev–Trinajstić information content (AvgIpc) is 2.73. The van der Waals surface area contributed by atoms with E-state index in [1.807, 2.05) is 0 Å². The summed E-state index contributed by atoms with van der Waals surface area (Å²) in [6.07, 6.45) is 0. The molecular weight excluding hydrogens is 370 g/mol. The van der Waals surface area contributed by atoms with Crippen molar-refractivity contribution in [3.05, 3.63) is 77.1 Å². The summed E-state index contributed by atoms with van der Waals surface area (Å²) in [6, 6.07) is 16.9. The molecule has 3 aromatic rings. The molecule has 1 aromatic heterocycles. The topological polar surface area (TPSA) is 117 Å². The second kappa shape index (κ2) is 8.63. The third-order valence-corrected chi connectivity index (χ3v) is 3.92. The van der Waals surface area contributed by atoms with Crippen LogP contribution in [0.3, 0.4) is 0 Å². The van der Waals surface area contributed by atoms with Crippen LogP contribution in [0.15, 0.2) is 54.6 Å². The van der Waals surface area contributed by atoms with Crippen molar-refractivity contribution in [2.75, 3.05) is 17.7 Å². The van der Waals surface area contributed by atoms with Crippen LogP contribution in [0.4, 0.5) is 17.3 Å². The number of nitriles is 1. The molecule has 0 saturated carbocycles. The van der Waals surface area contributed by atoms with Gasteiger partial charge in [-0.1, -0.05) is 18.2 Å². The quantitative estimate of drug-likeness (QED) is 0.644. The van der Waals surface area contributed by atoms with Gasteiger partial charge in [0.05, 0.1) is 23.9 Å². The molecule has 0 radical (unpaired) electrons. The fourth-order valence-corrected chi connectivity index (χ4v) is 2.59. The molecule has 0 atom stereocenters. The van der Waals surface area contributed by atoms with Gasteiger partial charge in [0.1, 0.15) is 11.8 Å². The van der Waals surface area contributed by atoms with Gasteiger partial charge in [0.15, 0.2) is 0 Å². The number of ether oxygens (including phenoxy) is 1. The number of esters is 1. The number of aromatic nitrogens is 2. The number of carbonyl (C=O) groups is 2. The Bertz CT molecular complexity index is 1120. The minimum Gasteiger partial charge on any atom is -0.465 e. The van der Waals surface area contributed by atoms with Crippen LogP contribution in [-0.2, 0) is 4.74 Å². The van der Waals surface area contributed by atoms with E-state index in [0.29, 0.717) is 28.2 Å². The number of anilines is 3. The number of aryl methyl sites for hydroxylation is 1. The van der Waals surface area contributed by atoms with Crippen molar-refractivity contribution in [3.8, 4) is 6.07 Å². The van der Waals surface area contributed by atoms with Crippen molar-refractivity contribution in [1.29, 1.82) is 5.26 Å². The Morgan fingerprint density at radius 1 is 1.07 bits per heavy atom.